The third-order valence-corrected chi connectivity index (χ3v) is 7.93. The van der Waals surface area contributed by atoms with E-state index < -0.39 is 17.6 Å². The van der Waals surface area contributed by atoms with Gasteiger partial charge in [0.25, 0.3) is 0 Å². The minimum atomic E-state index is -1.22. The molecule has 2 amide bonds. The Hall–Kier alpha value is -3.35. The van der Waals surface area contributed by atoms with E-state index in [1.165, 1.54) is 11.1 Å². The molecule has 3 atom stereocenters. The SMILES string of the molecule is CC(NC(=O)[C@@H]1CCC[C@@H](NC(=O)OCC2c3ccccc3-c3ccccc32)C1)(C(=O)O)C1CC1. The molecule has 3 aliphatic carbocycles. The summed E-state index contributed by atoms with van der Waals surface area (Å²) >= 11 is 0. The smallest absolute Gasteiger partial charge is 0.407 e. The van der Waals surface area contributed by atoms with E-state index >= 15 is 0 Å². The Labute approximate surface area is 205 Å². The van der Waals surface area contributed by atoms with Crippen LogP contribution in [0.4, 0.5) is 4.79 Å². The van der Waals surface area contributed by atoms with Gasteiger partial charge in [-0.25, -0.2) is 9.59 Å². The average molecular weight is 477 g/mol. The van der Waals surface area contributed by atoms with E-state index in [1.54, 1.807) is 6.92 Å². The van der Waals surface area contributed by atoms with E-state index in [1.807, 2.05) is 24.3 Å². The summed E-state index contributed by atoms with van der Waals surface area (Å²) in [4.78, 5) is 37.3. The Kier molecular flexibility index (Phi) is 6.26. The van der Waals surface area contributed by atoms with E-state index in [0.717, 1.165) is 36.8 Å². The number of carboxylic acids is 1. The lowest BCUT2D eigenvalue weighted by atomic mass is 9.84. The molecule has 0 bridgehead atoms. The number of rotatable bonds is 7. The number of nitrogens with one attached hydrogen (secondary N) is 2. The zero-order chi connectivity index (χ0) is 24.6. The largest absolute Gasteiger partial charge is 0.480 e. The van der Waals surface area contributed by atoms with Gasteiger partial charge in [-0.15, -0.1) is 0 Å². The molecule has 2 saturated carbocycles. The first-order chi connectivity index (χ1) is 16.9. The van der Waals surface area contributed by atoms with Gasteiger partial charge >= 0.3 is 12.1 Å². The maximum Gasteiger partial charge on any atom is 0.407 e. The van der Waals surface area contributed by atoms with Crippen LogP contribution in [-0.4, -0.2) is 41.3 Å². The fourth-order valence-electron chi connectivity index (χ4n) is 5.71. The molecule has 0 spiro atoms. The van der Waals surface area contributed by atoms with Crippen molar-refractivity contribution in [1.82, 2.24) is 10.6 Å². The number of alkyl carbamates (subject to hydrolysis) is 1. The molecular weight excluding hydrogens is 444 g/mol. The molecule has 0 radical (unpaired) electrons. The van der Waals surface area contributed by atoms with Gasteiger partial charge in [0.05, 0.1) is 0 Å². The molecule has 2 aromatic rings. The van der Waals surface area contributed by atoms with Gasteiger partial charge in [0.2, 0.25) is 5.91 Å². The lowest BCUT2D eigenvalue weighted by Gasteiger charge is -2.32. The van der Waals surface area contributed by atoms with Gasteiger partial charge < -0.3 is 20.5 Å². The second-order valence-corrected chi connectivity index (χ2v) is 10.3. The van der Waals surface area contributed by atoms with Crippen molar-refractivity contribution in [3.05, 3.63) is 59.7 Å². The number of fused-ring (bicyclic) bond motifs is 3. The number of carbonyl (C=O) groups excluding carboxylic acids is 2. The van der Waals surface area contributed by atoms with Crippen LogP contribution in [0.15, 0.2) is 48.5 Å². The molecule has 35 heavy (non-hydrogen) atoms. The molecule has 184 valence electrons. The van der Waals surface area contributed by atoms with Crippen LogP contribution in [0.2, 0.25) is 0 Å². The highest BCUT2D eigenvalue weighted by atomic mass is 16.5. The fraction of sp³-hybridized carbons (Fsp3) is 0.464. The topological polar surface area (TPSA) is 105 Å². The first-order valence-electron chi connectivity index (χ1n) is 12.5. The van der Waals surface area contributed by atoms with Crippen LogP contribution in [-0.2, 0) is 14.3 Å². The number of hydrogen-bond donors (Lipinski definition) is 3. The minimum absolute atomic E-state index is 0.00541. The number of carboxylic acid groups (broad SMARTS) is 1. The van der Waals surface area contributed by atoms with Gasteiger partial charge in [-0.2, -0.15) is 0 Å². The first kappa shape index (κ1) is 23.4. The Morgan fingerprint density at radius 1 is 0.971 bits per heavy atom. The number of ether oxygens (including phenoxy) is 1. The van der Waals surface area contributed by atoms with E-state index in [2.05, 4.69) is 34.9 Å². The number of aliphatic carboxylic acids is 1. The van der Waals surface area contributed by atoms with Crippen molar-refractivity contribution in [2.45, 2.75) is 62.9 Å². The lowest BCUT2D eigenvalue weighted by Crippen LogP contribution is -2.56. The van der Waals surface area contributed by atoms with Gasteiger partial charge in [-0.05, 0) is 67.2 Å². The summed E-state index contributed by atoms with van der Waals surface area (Å²) in [6, 6.07) is 16.2. The van der Waals surface area contributed by atoms with Gasteiger partial charge in [-0.1, -0.05) is 55.0 Å². The van der Waals surface area contributed by atoms with Crippen molar-refractivity contribution < 1.29 is 24.2 Å². The Morgan fingerprint density at radius 2 is 1.60 bits per heavy atom. The standard InChI is InChI=1S/C28H32N2O5/c1-28(26(32)33,18-13-14-18)30-25(31)17-7-6-8-19(15-17)29-27(34)35-16-24-22-11-4-2-9-20(22)21-10-3-5-12-23(21)24/h2-5,9-12,17-19,24H,6-8,13-16H2,1H3,(H,29,34)(H,30,31)(H,32,33)/t17-,19-,28?/m1/s1. The maximum absolute atomic E-state index is 12.9. The van der Waals surface area contributed by atoms with Gasteiger partial charge in [0, 0.05) is 17.9 Å². The van der Waals surface area contributed by atoms with Crippen molar-refractivity contribution in [3.8, 4) is 11.1 Å². The predicted molar refractivity (Wildman–Crippen MR) is 131 cm³/mol. The van der Waals surface area contributed by atoms with E-state index in [4.69, 9.17) is 4.74 Å². The number of amides is 2. The molecule has 0 aromatic heterocycles. The fourth-order valence-corrected chi connectivity index (χ4v) is 5.71. The molecule has 0 heterocycles. The molecule has 5 rings (SSSR count). The molecule has 3 aliphatic rings. The van der Waals surface area contributed by atoms with E-state index in [9.17, 15) is 19.5 Å². The van der Waals surface area contributed by atoms with Crippen LogP contribution < -0.4 is 10.6 Å². The summed E-state index contributed by atoms with van der Waals surface area (Å²) in [6.07, 6.45) is 3.89. The Bertz CT molecular complexity index is 1100. The summed E-state index contributed by atoms with van der Waals surface area (Å²) in [5.74, 6) is -1.56. The van der Waals surface area contributed by atoms with Crippen LogP contribution >= 0.6 is 0 Å². The molecule has 0 aliphatic heterocycles. The summed E-state index contributed by atoms with van der Waals surface area (Å²) in [5, 5.41) is 15.4. The molecular formula is C28H32N2O5. The summed E-state index contributed by atoms with van der Waals surface area (Å²) in [6.45, 7) is 1.84. The molecule has 2 fully saturated rings. The van der Waals surface area contributed by atoms with Gasteiger partial charge in [0.1, 0.15) is 12.1 Å². The Morgan fingerprint density at radius 3 is 2.20 bits per heavy atom. The van der Waals surface area contributed by atoms with Crippen molar-refractivity contribution in [3.63, 3.8) is 0 Å². The quantitative estimate of drug-likeness (QED) is 0.548. The Balaban J connectivity index is 1.17. The molecule has 1 unspecified atom stereocenters. The number of hydrogen-bond acceptors (Lipinski definition) is 4. The molecule has 7 nitrogen and oxygen atoms in total. The lowest BCUT2D eigenvalue weighted by molar-refractivity contribution is -0.148. The summed E-state index contributed by atoms with van der Waals surface area (Å²) < 4.78 is 5.66. The number of benzene rings is 2. The van der Waals surface area contributed by atoms with Gasteiger partial charge in [0.15, 0.2) is 0 Å². The zero-order valence-corrected chi connectivity index (χ0v) is 20.0. The average Bonchev–Trinajstić information content (AvgIpc) is 3.66. The highest BCUT2D eigenvalue weighted by Gasteiger charge is 2.49. The second kappa shape index (κ2) is 9.36. The van der Waals surface area contributed by atoms with Crippen molar-refractivity contribution in [2.24, 2.45) is 11.8 Å². The van der Waals surface area contributed by atoms with Crippen LogP contribution in [0.5, 0.6) is 0 Å². The molecule has 3 N–H and O–H groups in total. The second-order valence-electron chi connectivity index (χ2n) is 10.3. The van der Waals surface area contributed by atoms with E-state index in [-0.39, 0.29) is 36.3 Å². The molecule has 7 heteroatoms. The zero-order valence-electron chi connectivity index (χ0n) is 20.0. The molecule has 2 aromatic carbocycles. The van der Waals surface area contributed by atoms with Crippen molar-refractivity contribution in [1.29, 1.82) is 0 Å². The van der Waals surface area contributed by atoms with Crippen molar-refractivity contribution >= 4 is 18.0 Å². The number of carbonyl (C=O) groups is 3. The molecule has 0 saturated heterocycles. The highest BCUT2D eigenvalue weighted by molar-refractivity contribution is 5.88. The first-order valence-corrected chi connectivity index (χ1v) is 12.5. The van der Waals surface area contributed by atoms with E-state index in [0.29, 0.717) is 12.8 Å². The van der Waals surface area contributed by atoms with Crippen LogP contribution in [0.1, 0.15) is 62.5 Å². The maximum atomic E-state index is 12.9. The van der Waals surface area contributed by atoms with Crippen LogP contribution in [0.3, 0.4) is 0 Å². The highest BCUT2D eigenvalue weighted by Crippen LogP contribution is 2.44. The monoisotopic (exact) mass is 476 g/mol. The third kappa shape index (κ3) is 4.64. The van der Waals surface area contributed by atoms with Crippen LogP contribution in [0, 0.1) is 11.8 Å². The van der Waals surface area contributed by atoms with Gasteiger partial charge in [-0.3, -0.25) is 4.79 Å². The van der Waals surface area contributed by atoms with Crippen molar-refractivity contribution in [2.75, 3.05) is 6.61 Å². The van der Waals surface area contributed by atoms with Crippen LogP contribution in [0.25, 0.3) is 11.1 Å². The summed E-state index contributed by atoms with van der Waals surface area (Å²) in [5.41, 5.74) is 3.46. The third-order valence-electron chi connectivity index (χ3n) is 7.93. The minimum Gasteiger partial charge on any atom is -0.480 e. The normalized spacial score (nSPS) is 22.9. The predicted octanol–water partition coefficient (Wildman–Crippen LogP) is 4.45. The summed E-state index contributed by atoms with van der Waals surface area (Å²) in [7, 11) is 0.